The number of hydrogen-bond donors (Lipinski definition) is 2. The Labute approximate surface area is 158 Å². The normalized spacial score (nSPS) is 26.4. The van der Waals surface area contributed by atoms with Crippen LogP contribution in [-0.4, -0.2) is 39.9 Å². The number of nitrogens with one attached hydrogen (secondary N) is 1. The molecular formula is C21H26N2O4. The number of benzene rings is 1. The minimum absolute atomic E-state index is 0.0187. The molecular weight excluding hydrogens is 344 g/mol. The van der Waals surface area contributed by atoms with Gasteiger partial charge in [-0.2, -0.15) is 0 Å². The summed E-state index contributed by atoms with van der Waals surface area (Å²) in [4.78, 5) is 37.7. The molecule has 1 aliphatic carbocycles. The second kappa shape index (κ2) is 7.33. The first-order chi connectivity index (χ1) is 13.0. The number of aryl methyl sites for hydroxylation is 1. The lowest BCUT2D eigenvalue weighted by Gasteiger charge is -2.33. The first kappa shape index (κ1) is 18.0. The van der Waals surface area contributed by atoms with Crippen molar-refractivity contribution in [2.24, 2.45) is 5.92 Å². The van der Waals surface area contributed by atoms with E-state index >= 15 is 0 Å². The summed E-state index contributed by atoms with van der Waals surface area (Å²) in [6, 6.07) is 5.41. The summed E-state index contributed by atoms with van der Waals surface area (Å²) in [5.74, 6) is -0.512. The molecule has 2 amide bonds. The Morgan fingerprint density at radius 3 is 2.85 bits per heavy atom. The van der Waals surface area contributed by atoms with Crippen LogP contribution < -0.4 is 5.32 Å². The van der Waals surface area contributed by atoms with Crippen molar-refractivity contribution in [2.75, 3.05) is 5.32 Å². The molecule has 1 aromatic carbocycles. The van der Waals surface area contributed by atoms with Gasteiger partial charge in [0.25, 0.3) is 0 Å². The molecule has 6 heteroatoms. The van der Waals surface area contributed by atoms with E-state index in [9.17, 15) is 19.5 Å². The Morgan fingerprint density at radius 2 is 2.04 bits per heavy atom. The molecule has 1 saturated carbocycles. The molecule has 3 atom stereocenters. The highest BCUT2D eigenvalue weighted by atomic mass is 16.4. The number of amides is 2. The monoisotopic (exact) mass is 370 g/mol. The second-order valence-electron chi connectivity index (χ2n) is 8.07. The Morgan fingerprint density at radius 1 is 1.22 bits per heavy atom. The van der Waals surface area contributed by atoms with Gasteiger partial charge >= 0.3 is 5.97 Å². The van der Waals surface area contributed by atoms with Crippen LogP contribution in [0.5, 0.6) is 0 Å². The van der Waals surface area contributed by atoms with Crippen molar-refractivity contribution in [1.29, 1.82) is 0 Å². The van der Waals surface area contributed by atoms with Gasteiger partial charge in [-0.1, -0.05) is 25.0 Å². The van der Waals surface area contributed by atoms with Crippen molar-refractivity contribution in [1.82, 2.24) is 4.90 Å². The molecule has 0 aromatic heterocycles. The quantitative estimate of drug-likeness (QED) is 0.834. The number of carboxylic acid groups (broad SMARTS) is 1. The Kier molecular flexibility index (Phi) is 4.89. The van der Waals surface area contributed by atoms with Crippen LogP contribution >= 0.6 is 0 Å². The van der Waals surface area contributed by atoms with Crippen LogP contribution in [0.2, 0.25) is 0 Å². The molecule has 6 nitrogen and oxygen atoms in total. The van der Waals surface area contributed by atoms with Gasteiger partial charge in [0.05, 0.1) is 6.42 Å². The zero-order chi connectivity index (χ0) is 19.0. The SMILES string of the molecule is O=C1Cc2cc(CCCC(=O)N3C(C(=O)O)CC4CCCCC43)ccc2N1. The van der Waals surface area contributed by atoms with Gasteiger partial charge < -0.3 is 15.3 Å². The van der Waals surface area contributed by atoms with E-state index in [1.165, 1.54) is 0 Å². The largest absolute Gasteiger partial charge is 0.480 e. The maximum atomic E-state index is 12.8. The zero-order valence-electron chi connectivity index (χ0n) is 15.4. The number of likely N-dealkylation sites (tertiary alicyclic amines) is 1. The number of carbonyl (C=O) groups is 3. The number of hydrogen-bond acceptors (Lipinski definition) is 3. The van der Waals surface area contributed by atoms with Gasteiger partial charge in [-0.05, 0) is 55.2 Å². The highest BCUT2D eigenvalue weighted by Crippen LogP contribution is 2.40. The predicted octanol–water partition coefficient (Wildman–Crippen LogP) is 2.75. The topological polar surface area (TPSA) is 86.7 Å². The maximum absolute atomic E-state index is 12.8. The van der Waals surface area contributed by atoms with Crippen LogP contribution in [0.25, 0.3) is 0 Å². The first-order valence-corrected chi connectivity index (χ1v) is 9.98. The number of rotatable bonds is 5. The molecule has 2 heterocycles. The van der Waals surface area contributed by atoms with Gasteiger partial charge in [0, 0.05) is 18.2 Å². The Hall–Kier alpha value is -2.37. The van der Waals surface area contributed by atoms with Crippen LogP contribution in [0.1, 0.15) is 56.1 Å². The first-order valence-electron chi connectivity index (χ1n) is 9.98. The van der Waals surface area contributed by atoms with Gasteiger partial charge in [-0.15, -0.1) is 0 Å². The van der Waals surface area contributed by atoms with Gasteiger partial charge in [-0.25, -0.2) is 4.79 Å². The van der Waals surface area contributed by atoms with Crippen LogP contribution in [0.15, 0.2) is 18.2 Å². The van der Waals surface area contributed by atoms with Gasteiger partial charge in [0.2, 0.25) is 11.8 Å². The summed E-state index contributed by atoms with van der Waals surface area (Å²) in [6.07, 6.45) is 7.06. The average Bonchev–Trinajstić information content (AvgIpc) is 3.20. The number of nitrogens with zero attached hydrogens (tertiary/aromatic N) is 1. The molecule has 0 radical (unpaired) electrons. The Balaban J connectivity index is 1.36. The zero-order valence-corrected chi connectivity index (χ0v) is 15.4. The Bertz CT molecular complexity index is 775. The molecule has 2 fully saturated rings. The number of anilines is 1. The molecule has 3 aliphatic rings. The van der Waals surface area contributed by atoms with E-state index in [-0.39, 0.29) is 17.9 Å². The van der Waals surface area contributed by atoms with E-state index < -0.39 is 12.0 Å². The standard InChI is InChI=1S/C21H26N2O4/c24-19-12-15-10-13(8-9-16(15)22-19)4-3-7-20(25)23-17-6-2-1-5-14(17)11-18(23)21(26)27/h8-10,14,17-18H,1-7,11-12H2,(H,22,24)(H,26,27). The smallest absolute Gasteiger partial charge is 0.326 e. The lowest BCUT2D eigenvalue weighted by molar-refractivity contribution is -0.149. The van der Waals surface area contributed by atoms with E-state index in [2.05, 4.69) is 5.32 Å². The van der Waals surface area contributed by atoms with Crippen molar-refractivity contribution < 1.29 is 19.5 Å². The molecule has 4 rings (SSSR count). The van der Waals surface area contributed by atoms with E-state index in [0.717, 1.165) is 48.9 Å². The van der Waals surface area contributed by atoms with Crippen molar-refractivity contribution in [3.05, 3.63) is 29.3 Å². The summed E-state index contributed by atoms with van der Waals surface area (Å²) in [5.41, 5.74) is 3.01. The van der Waals surface area contributed by atoms with Crippen LogP contribution in [0.3, 0.4) is 0 Å². The maximum Gasteiger partial charge on any atom is 0.326 e. The van der Waals surface area contributed by atoms with E-state index in [1.54, 1.807) is 4.90 Å². The van der Waals surface area contributed by atoms with Gasteiger partial charge in [-0.3, -0.25) is 9.59 Å². The average molecular weight is 370 g/mol. The number of fused-ring (bicyclic) bond motifs is 2. The molecule has 27 heavy (non-hydrogen) atoms. The summed E-state index contributed by atoms with van der Waals surface area (Å²) in [7, 11) is 0. The van der Waals surface area contributed by atoms with Crippen molar-refractivity contribution >= 4 is 23.5 Å². The van der Waals surface area contributed by atoms with Crippen molar-refractivity contribution in [3.8, 4) is 0 Å². The molecule has 0 bridgehead atoms. The van der Waals surface area contributed by atoms with Gasteiger partial charge in [0.1, 0.15) is 6.04 Å². The summed E-state index contributed by atoms with van der Waals surface area (Å²) >= 11 is 0. The van der Waals surface area contributed by atoms with Crippen LogP contribution in [0.4, 0.5) is 5.69 Å². The number of aliphatic carboxylic acids is 1. The van der Waals surface area contributed by atoms with Crippen molar-refractivity contribution in [3.63, 3.8) is 0 Å². The fourth-order valence-electron chi connectivity index (χ4n) is 5.05. The molecule has 3 unspecified atom stereocenters. The molecule has 2 aliphatic heterocycles. The van der Waals surface area contributed by atoms with Crippen LogP contribution in [0, 0.1) is 5.92 Å². The fourth-order valence-corrected chi connectivity index (χ4v) is 5.05. The van der Waals surface area contributed by atoms with E-state index in [0.29, 0.717) is 31.6 Å². The predicted molar refractivity (Wildman–Crippen MR) is 100 cm³/mol. The molecule has 0 spiro atoms. The highest BCUT2D eigenvalue weighted by Gasteiger charge is 2.47. The highest BCUT2D eigenvalue weighted by molar-refractivity contribution is 5.99. The van der Waals surface area contributed by atoms with Crippen LogP contribution in [-0.2, 0) is 27.2 Å². The number of carboxylic acids is 1. The summed E-state index contributed by atoms with van der Waals surface area (Å²) in [6.45, 7) is 0. The minimum Gasteiger partial charge on any atom is -0.480 e. The van der Waals surface area contributed by atoms with Gasteiger partial charge in [0.15, 0.2) is 0 Å². The molecule has 144 valence electrons. The van der Waals surface area contributed by atoms with Crippen molar-refractivity contribution in [2.45, 2.75) is 69.9 Å². The summed E-state index contributed by atoms with van der Waals surface area (Å²) < 4.78 is 0. The third kappa shape index (κ3) is 3.57. The minimum atomic E-state index is -0.867. The molecule has 1 aromatic rings. The lowest BCUT2D eigenvalue weighted by atomic mass is 9.84. The number of carbonyl (C=O) groups excluding carboxylic acids is 2. The third-order valence-electron chi connectivity index (χ3n) is 6.31. The van der Waals surface area contributed by atoms with E-state index in [4.69, 9.17) is 0 Å². The van der Waals surface area contributed by atoms with E-state index in [1.807, 2.05) is 18.2 Å². The fraction of sp³-hybridized carbons (Fsp3) is 0.571. The summed E-state index contributed by atoms with van der Waals surface area (Å²) in [5, 5.41) is 12.4. The third-order valence-corrected chi connectivity index (χ3v) is 6.31. The lowest BCUT2D eigenvalue weighted by Crippen LogP contribution is -2.46. The second-order valence-corrected chi connectivity index (χ2v) is 8.07. The molecule has 2 N–H and O–H groups in total. The molecule has 1 saturated heterocycles.